The quantitative estimate of drug-likeness (QED) is 0.270. The monoisotopic (exact) mass is 582 g/mol. The maximum Gasteiger partial charge on any atom is 0.254 e. The first-order valence-electron chi connectivity index (χ1n) is 11.4. The van der Waals surface area contributed by atoms with E-state index in [0.29, 0.717) is 48.3 Å². The SMILES string of the molecule is CC1=C(C(=O)Nc2ccccc2)C(c2ccccc2Cl)C(C#N)=C(SCC(=O)Nc2ccc(Cl)cc2Cl)N1. The average Bonchev–Trinajstić information content (AvgIpc) is 2.89. The van der Waals surface area contributed by atoms with Gasteiger partial charge in [-0.2, -0.15) is 5.26 Å². The molecule has 4 rings (SSSR count). The van der Waals surface area contributed by atoms with Crippen LogP contribution in [-0.2, 0) is 9.59 Å². The van der Waals surface area contributed by atoms with Crippen LogP contribution in [0, 0.1) is 11.3 Å². The van der Waals surface area contributed by atoms with Gasteiger partial charge < -0.3 is 16.0 Å². The summed E-state index contributed by atoms with van der Waals surface area (Å²) in [5.41, 5.74) is 2.85. The molecule has 38 heavy (non-hydrogen) atoms. The number of carbonyl (C=O) groups excluding carboxylic acids is 2. The van der Waals surface area contributed by atoms with Crippen molar-refractivity contribution in [3.8, 4) is 6.07 Å². The van der Waals surface area contributed by atoms with Gasteiger partial charge in [0.05, 0.1) is 39.1 Å². The van der Waals surface area contributed by atoms with Crippen LogP contribution in [0.1, 0.15) is 18.4 Å². The summed E-state index contributed by atoms with van der Waals surface area (Å²) < 4.78 is 0. The van der Waals surface area contributed by atoms with Crippen LogP contribution >= 0.6 is 46.6 Å². The number of dihydropyridines is 1. The molecule has 0 aromatic heterocycles. The van der Waals surface area contributed by atoms with Crippen molar-refractivity contribution in [3.05, 3.63) is 115 Å². The number of allylic oxidation sites excluding steroid dienone is 2. The summed E-state index contributed by atoms with van der Waals surface area (Å²) in [6.07, 6.45) is 0. The third kappa shape index (κ3) is 6.35. The molecule has 6 nitrogen and oxygen atoms in total. The van der Waals surface area contributed by atoms with Crippen molar-refractivity contribution in [1.82, 2.24) is 5.32 Å². The fourth-order valence-corrected chi connectivity index (χ4v) is 5.57. The minimum absolute atomic E-state index is 0.0134. The number of benzene rings is 3. The van der Waals surface area contributed by atoms with E-state index in [4.69, 9.17) is 34.8 Å². The Hall–Kier alpha value is -3.41. The van der Waals surface area contributed by atoms with Crippen molar-refractivity contribution >= 4 is 69.8 Å². The lowest BCUT2D eigenvalue weighted by Gasteiger charge is -2.30. The van der Waals surface area contributed by atoms with Gasteiger partial charge in [0.15, 0.2) is 0 Å². The van der Waals surface area contributed by atoms with E-state index in [1.807, 2.05) is 18.2 Å². The zero-order valence-electron chi connectivity index (χ0n) is 20.0. The summed E-state index contributed by atoms with van der Waals surface area (Å²) in [6.45, 7) is 1.76. The summed E-state index contributed by atoms with van der Waals surface area (Å²) in [4.78, 5) is 26.2. The Kier molecular flexibility index (Phi) is 9.03. The van der Waals surface area contributed by atoms with E-state index < -0.39 is 5.92 Å². The van der Waals surface area contributed by atoms with Crippen molar-refractivity contribution in [3.63, 3.8) is 0 Å². The highest BCUT2D eigenvalue weighted by Crippen LogP contribution is 2.43. The van der Waals surface area contributed by atoms with Crippen LogP contribution in [0.2, 0.25) is 15.1 Å². The van der Waals surface area contributed by atoms with Crippen molar-refractivity contribution in [2.45, 2.75) is 12.8 Å². The summed E-state index contributed by atoms with van der Waals surface area (Å²) >= 11 is 19.8. The second-order valence-electron chi connectivity index (χ2n) is 8.25. The van der Waals surface area contributed by atoms with Crippen molar-refractivity contribution in [2.24, 2.45) is 0 Å². The van der Waals surface area contributed by atoms with Gasteiger partial charge in [-0.05, 0) is 48.9 Å². The fraction of sp³-hybridized carbons (Fsp3) is 0.107. The molecule has 192 valence electrons. The zero-order chi connectivity index (χ0) is 27.2. The average molecular weight is 584 g/mol. The number of para-hydroxylation sites is 1. The third-order valence-corrected chi connectivity index (χ3v) is 7.60. The van der Waals surface area contributed by atoms with Crippen molar-refractivity contribution < 1.29 is 9.59 Å². The molecule has 3 N–H and O–H groups in total. The van der Waals surface area contributed by atoms with E-state index in [-0.39, 0.29) is 23.1 Å². The van der Waals surface area contributed by atoms with Gasteiger partial charge in [0.1, 0.15) is 0 Å². The van der Waals surface area contributed by atoms with E-state index >= 15 is 0 Å². The first-order valence-corrected chi connectivity index (χ1v) is 13.5. The highest BCUT2D eigenvalue weighted by Gasteiger charge is 2.36. The van der Waals surface area contributed by atoms with Gasteiger partial charge >= 0.3 is 0 Å². The molecule has 0 saturated carbocycles. The molecule has 0 spiro atoms. The van der Waals surface area contributed by atoms with Gasteiger partial charge in [-0.15, -0.1) is 0 Å². The molecule has 1 atom stereocenters. The second kappa shape index (κ2) is 12.4. The Balaban J connectivity index is 1.64. The van der Waals surface area contributed by atoms with Gasteiger partial charge in [-0.3, -0.25) is 9.59 Å². The van der Waals surface area contributed by atoms with Gasteiger partial charge in [0.2, 0.25) is 5.91 Å². The highest BCUT2D eigenvalue weighted by molar-refractivity contribution is 8.03. The zero-order valence-corrected chi connectivity index (χ0v) is 23.1. The van der Waals surface area contributed by atoms with Crippen LogP contribution in [-0.4, -0.2) is 17.6 Å². The number of amides is 2. The van der Waals surface area contributed by atoms with Crippen LogP contribution < -0.4 is 16.0 Å². The number of nitriles is 1. The molecule has 1 aliphatic heterocycles. The van der Waals surface area contributed by atoms with Crippen molar-refractivity contribution in [1.29, 1.82) is 5.26 Å². The van der Waals surface area contributed by atoms with E-state index in [0.717, 1.165) is 11.8 Å². The molecule has 0 fully saturated rings. The third-order valence-electron chi connectivity index (χ3n) is 5.69. The Morgan fingerprint density at radius 2 is 1.68 bits per heavy atom. The molecule has 1 unspecified atom stereocenters. The number of anilines is 2. The van der Waals surface area contributed by atoms with Crippen LogP contribution in [0.4, 0.5) is 11.4 Å². The molecule has 1 heterocycles. The van der Waals surface area contributed by atoms with Crippen LogP contribution in [0.3, 0.4) is 0 Å². The first-order chi connectivity index (χ1) is 18.3. The standard InChI is InChI=1S/C28H21Cl3N4O2S/c1-16-25(27(37)34-18-7-3-2-4-8-18)26(19-9-5-6-10-21(19)30)20(14-32)28(33-16)38-15-24(36)35-23-12-11-17(29)13-22(23)31/h2-13,26,33H,15H2,1H3,(H,34,37)(H,35,36). The van der Waals surface area contributed by atoms with Gasteiger partial charge in [0, 0.05) is 27.0 Å². The lowest BCUT2D eigenvalue weighted by Crippen LogP contribution is -2.31. The number of nitrogens with one attached hydrogen (secondary N) is 3. The molecule has 3 aromatic carbocycles. The van der Waals surface area contributed by atoms with E-state index in [9.17, 15) is 14.9 Å². The summed E-state index contributed by atoms with van der Waals surface area (Å²) in [7, 11) is 0. The Bertz CT molecular complexity index is 1500. The molecule has 10 heteroatoms. The Morgan fingerprint density at radius 1 is 0.974 bits per heavy atom. The predicted octanol–water partition coefficient (Wildman–Crippen LogP) is 7.35. The minimum atomic E-state index is -0.741. The number of halogens is 3. The summed E-state index contributed by atoms with van der Waals surface area (Å²) in [5, 5.41) is 20.7. The molecule has 0 radical (unpaired) electrons. The van der Waals surface area contributed by atoms with E-state index in [1.165, 1.54) is 6.07 Å². The molecule has 0 bridgehead atoms. The molecule has 0 aliphatic carbocycles. The molecule has 3 aromatic rings. The largest absolute Gasteiger partial charge is 0.353 e. The Morgan fingerprint density at radius 3 is 2.37 bits per heavy atom. The number of thioether (sulfide) groups is 1. The normalized spacial score (nSPS) is 15.0. The predicted molar refractivity (Wildman–Crippen MR) is 155 cm³/mol. The van der Waals surface area contributed by atoms with Gasteiger partial charge in [-0.1, -0.05) is 83.0 Å². The minimum Gasteiger partial charge on any atom is -0.353 e. The molecule has 1 aliphatic rings. The highest BCUT2D eigenvalue weighted by atomic mass is 35.5. The van der Waals surface area contributed by atoms with Crippen LogP contribution in [0.5, 0.6) is 0 Å². The fourth-order valence-electron chi connectivity index (χ4n) is 3.98. The number of nitrogens with zero attached hydrogens (tertiary/aromatic N) is 1. The van der Waals surface area contributed by atoms with Gasteiger partial charge in [0.25, 0.3) is 5.91 Å². The lowest BCUT2D eigenvalue weighted by molar-refractivity contribution is -0.114. The van der Waals surface area contributed by atoms with Gasteiger partial charge in [-0.25, -0.2) is 0 Å². The molecule has 2 amide bonds. The number of rotatable bonds is 7. The second-order valence-corrected chi connectivity index (χ2v) is 10.5. The molecule has 0 saturated heterocycles. The topological polar surface area (TPSA) is 94.0 Å². The maximum atomic E-state index is 13.5. The lowest BCUT2D eigenvalue weighted by atomic mass is 9.82. The Labute approximate surface area is 239 Å². The number of carbonyl (C=O) groups is 2. The van der Waals surface area contributed by atoms with E-state index in [1.54, 1.807) is 55.5 Å². The van der Waals surface area contributed by atoms with E-state index in [2.05, 4.69) is 22.0 Å². The molecular weight excluding hydrogens is 563 g/mol. The maximum absolute atomic E-state index is 13.5. The summed E-state index contributed by atoms with van der Waals surface area (Å²) in [6, 6.07) is 23.2. The van der Waals surface area contributed by atoms with Crippen LogP contribution in [0.15, 0.2) is 94.7 Å². The van der Waals surface area contributed by atoms with Crippen LogP contribution in [0.25, 0.3) is 0 Å². The number of hydrogen-bond donors (Lipinski definition) is 3. The smallest absolute Gasteiger partial charge is 0.254 e. The summed E-state index contributed by atoms with van der Waals surface area (Å²) in [5.74, 6) is -1.44. The van der Waals surface area contributed by atoms with Crippen molar-refractivity contribution in [2.75, 3.05) is 16.4 Å². The first kappa shape index (κ1) is 27.6. The molecular formula is C28H21Cl3N4O2S. The number of hydrogen-bond acceptors (Lipinski definition) is 5.